The average Bonchev–Trinajstić information content (AvgIpc) is 1.42. The van der Waals surface area contributed by atoms with Crippen LogP contribution >= 0.6 is 0 Å². The fourth-order valence-electron chi connectivity index (χ4n) is 11.3. The molecule has 0 aliphatic carbocycles. The number of hydrogen-bond acceptors (Lipinski definition) is 2. The van der Waals surface area contributed by atoms with Gasteiger partial charge in [0.25, 0.3) is 0 Å². The summed E-state index contributed by atoms with van der Waals surface area (Å²) >= 11 is 0. The zero-order valence-electron chi connectivity index (χ0n) is 70.8. The van der Waals surface area contributed by atoms with Gasteiger partial charge in [-0.1, -0.05) is 272 Å². The second kappa shape index (κ2) is 20.5. The fourth-order valence-corrected chi connectivity index (χ4v) is 11.3. The summed E-state index contributed by atoms with van der Waals surface area (Å²) in [5, 5.41) is 1.73. The normalized spacial score (nSPS) is 16.1. The van der Waals surface area contributed by atoms with Gasteiger partial charge in [0, 0.05) is 21.5 Å². The minimum atomic E-state index is -0.773. The van der Waals surface area contributed by atoms with Crippen LogP contribution in [-0.4, -0.2) is 0 Å². The average molecular weight is 1100 g/mol. The highest BCUT2D eigenvalue weighted by Crippen LogP contribution is 2.46. The van der Waals surface area contributed by atoms with Crippen LogP contribution in [0, 0.1) is 0 Å². The standard InChI is InChI=1S/C44H28O.C38H24O/c1-3-11-29(12-4-1)34-23-25-35-40-27-33(24-26-41(40)45-42(35)28-34)30-19-21-32(22-20-30)44-38-17-9-7-15-36(38)43(31-13-5-2-6-14-31)37-16-8-10-18-39(37)44;1-2-10-26(11-3-1)37-30-13-4-6-15-32(30)38(33-16-7-5-14-31(33)37)27-20-18-25(19-21-27)28-22-23-36-34(24-28)29-12-8-9-17-35(29)39-36/h1-28H;1-24H/i7D,8D,9D,10D,15D,16D,17D,18D;1D,2D,3D,4D,5D,6D,7D,8D,9D,10D,11D,12D,13D,14D,15D,16D,17D,22D,23D. The molecule has 17 aromatic rings. The lowest BCUT2D eigenvalue weighted by molar-refractivity contribution is 0.668. The zero-order valence-corrected chi connectivity index (χ0v) is 43.8. The van der Waals surface area contributed by atoms with E-state index in [1.807, 2.05) is 60.7 Å². The number of furan rings is 2. The Morgan fingerprint density at radius 2 is 0.524 bits per heavy atom. The minimum Gasteiger partial charge on any atom is -0.456 e. The highest BCUT2D eigenvalue weighted by atomic mass is 16.3. The number of benzene rings is 15. The van der Waals surface area contributed by atoms with Crippen molar-refractivity contribution in [2.24, 2.45) is 0 Å². The second-order valence-corrected chi connectivity index (χ2v) is 19.8. The molecule has 0 amide bonds. The van der Waals surface area contributed by atoms with Gasteiger partial charge in [0.1, 0.15) is 22.3 Å². The Balaban J connectivity index is 0.000000169. The number of hydrogen-bond donors (Lipinski definition) is 0. The van der Waals surface area contributed by atoms with Crippen molar-refractivity contribution < 1.29 is 45.8 Å². The van der Waals surface area contributed by atoms with E-state index in [1.165, 1.54) is 30.3 Å². The predicted molar refractivity (Wildman–Crippen MR) is 356 cm³/mol. The first kappa shape index (κ1) is 28.6. The Hall–Kier alpha value is -11.1. The van der Waals surface area contributed by atoms with Crippen molar-refractivity contribution in [3.05, 3.63) is 315 Å². The molecule has 0 bridgehead atoms. The van der Waals surface area contributed by atoms with Gasteiger partial charge in [-0.15, -0.1) is 0 Å². The fraction of sp³-hybridized carbons (Fsp3) is 0. The third-order valence-corrected chi connectivity index (χ3v) is 15.1. The molecule has 0 fully saturated rings. The van der Waals surface area contributed by atoms with Gasteiger partial charge < -0.3 is 8.83 Å². The molecule has 0 aliphatic heterocycles. The first-order valence-corrected chi connectivity index (χ1v) is 26.6. The van der Waals surface area contributed by atoms with E-state index >= 15 is 0 Å². The molecular formula is C82H52O2. The summed E-state index contributed by atoms with van der Waals surface area (Å²) in [4.78, 5) is 0. The van der Waals surface area contributed by atoms with E-state index < -0.39 is 144 Å². The van der Waals surface area contributed by atoms with E-state index in [1.54, 1.807) is 24.3 Å². The van der Waals surface area contributed by atoms with Gasteiger partial charge in [0.05, 0.1) is 37.0 Å². The maximum Gasteiger partial charge on any atom is 0.136 e. The lowest BCUT2D eigenvalue weighted by Crippen LogP contribution is -1.90. The number of rotatable bonds is 7. The van der Waals surface area contributed by atoms with Gasteiger partial charge in [-0.3, -0.25) is 0 Å². The Morgan fingerprint density at radius 1 is 0.179 bits per heavy atom. The van der Waals surface area contributed by atoms with Crippen LogP contribution in [0.5, 0.6) is 0 Å². The smallest absolute Gasteiger partial charge is 0.136 e. The molecule has 0 atom stereocenters. The molecule has 0 aliphatic rings. The maximum atomic E-state index is 9.14. The first-order valence-electron chi connectivity index (χ1n) is 40.1. The molecule has 0 radical (unpaired) electrons. The summed E-state index contributed by atoms with van der Waals surface area (Å²) < 4.78 is 247. The zero-order chi connectivity index (χ0) is 79.0. The number of fused-ring (bicyclic) bond motifs is 10. The summed E-state index contributed by atoms with van der Waals surface area (Å²) in [7, 11) is 0. The Kier molecular flexibility index (Phi) is 6.97. The van der Waals surface area contributed by atoms with Crippen molar-refractivity contribution in [2.45, 2.75) is 0 Å². The molecular weight excluding hydrogens is 1020 g/mol. The molecule has 84 heavy (non-hydrogen) atoms. The minimum absolute atomic E-state index is 0.0211. The monoisotopic (exact) mass is 1100 g/mol. The molecule has 0 saturated carbocycles. The van der Waals surface area contributed by atoms with Crippen molar-refractivity contribution in [3.63, 3.8) is 0 Å². The van der Waals surface area contributed by atoms with E-state index in [-0.39, 0.29) is 112 Å². The highest BCUT2D eigenvalue weighted by molar-refractivity contribution is 6.23. The highest BCUT2D eigenvalue weighted by Gasteiger charge is 2.19. The summed E-state index contributed by atoms with van der Waals surface area (Å²) in [5.41, 5.74) is 6.73. The van der Waals surface area contributed by atoms with Crippen LogP contribution in [0.3, 0.4) is 0 Å². The quantitative estimate of drug-likeness (QED) is 0.149. The van der Waals surface area contributed by atoms with Crippen molar-refractivity contribution in [1.29, 1.82) is 0 Å². The Bertz CT molecular complexity index is 6810. The molecule has 0 N–H and O–H groups in total. The first-order chi connectivity index (χ1) is 52.9. The van der Waals surface area contributed by atoms with Crippen molar-refractivity contribution in [3.8, 4) is 77.9 Å². The van der Waals surface area contributed by atoms with E-state index in [0.29, 0.717) is 27.8 Å². The molecule has 0 spiro atoms. The molecule has 17 rings (SSSR count). The second-order valence-electron chi connectivity index (χ2n) is 19.8. The van der Waals surface area contributed by atoms with Gasteiger partial charge in [-0.25, -0.2) is 0 Å². The molecule has 2 aromatic heterocycles. The summed E-state index contributed by atoms with van der Waals surface area (Å²) in [6.07, 6.45) is 0. The maximum absolute atomic E-state index is 9.14. The topological polar surface area (TPSA) is 26.3 Å². The van der Waals surface area contributed by atoms with Crippen LogP contribution in [0.2, 0.25) is 0 Å². The predicted octanol–water partition coefficient (Wildman–Crippen LogP) is 23.5. The SMILES string of the molecule is [2H]c1c([2H])c([2H])c(-c2c3c([2H])c([2H])c([2H])c([2H])c3c(-c3ccc(-c4cc5c(oc6c([2H])c([2H])c([2H])c([2H])c65)c([2H])c4[2H])cc3)c3c([2H])c([2H])c([2H])c([2H])c23)c([2H])c1[2H].[2H]c1c([2H])c([2H])c2c(-c3ccc(-c4ccc5oc6cc(-c7ccccc7)ccc6c5c4)cc3)c3c([2H])c([2H])c([2H])c([2H])c3c(-c3ccccc3)c2c1[2H]. The van der Waals surface area contributed by atoms with E-state index in [9.17, 15) is 0 Å². The Morgan fingerprint density at radius 3 is 1.06 bits per heavy atom. The van der Waals surface area contributed by atoms with Gasteiger partial charge >= 0.3 is 0 Å². The molecule has 2 heteroatoms. The lowest BCUT2D eigenvalue weighted by Gasteiger charge is -2.18. The Labute approximate surface area is 524 Å². The van der Waals surface area contributed by atoms with Gasteiger partial charge in [-0.05, 0) is 163 Å². The molecule has 0 unspecified atom stereocenters. The van der Waals surface area contributed by atoms with Crippen LogP contribution in [0.25, 0.3) is 165 Å². The van der Waals surface area contributed by atoms with Crippen LogP contribution in [0.15, 0.2) is 324 Å². The van der Waals surface area contributed by atoms with E-state index in [0.717, 1.165) is 44.2 Å². The summed E-state index contributed by atoms with van der Waals surface area (Å²) in [6.45, 7) is 0. The molecule has 15 aromatic carbocycles. The molecule has 2 nitrogen and oxygen atoms in total. The summed E-state index contributed by atoms with van der Waals surface area (Å²) in [5.74, 6) is 0. The molecule has 392 valence electrons. The van der Waals surface area contributed by atoms with Crippen LogP contribution < -0.4 is 0 Å². The van der Waals surface area contributed by atoms with Crippen molar-refractivity contribution >= 4 is 87.0 Å². The third kappa shape index (κ3) is 8.43. The van der Waals surface area contributed by atoms with E-state index in [2.05, 4.69) is 36.4 Å². The largest absolute Gasteiger partial charge is 0.456 e. The van der Waals surface area contributed by atoms with Gasteiger partial charge in [0.15, 0.2) is 0 Å². The molecule has 2 heterocycles. The molecule has 0 saturated heterocycles. The summed E-state index contributed by atoms with van der Waals surface area (Å²) in [6, 6.07) is 31.6. The van der Waals surface area contributed by atoms with E-state index in [4.69, 9.17) is 45.8 Å². The van der Waals surface area contributed by atoms with Crippen LogP contribution in [0.4, 0.5) is 0 Å². The lowest BCUT2D eigenvalue weighted by atomic mass is 9.86. The van der Waals surface area contributed by atoms with Crippen molar-refractivity contribution in [1.82, 2.24) is 0 Å². The van der Waals surface area contributed by atoms with Gasteiger partial charge in [-0.2, -0.15) is 0 Å². The van der Waals surface area contributed by atoms with Crippen LogP contribution in [-0.2, 0) is 0 Å². The third-order valence-electron chi connectivity index (χ3n) is 15.1. The van der Waals surface area contributed by atoms with Gasteiger partial charge in [0.2, 0.25) is 0 Å². The van der Waals surface area contributed by atoms with Crippen LogP contribution in [0.1, 0.15) is 37.0 Å². The van der Waals surface area contributed by atoms with Crippen molar-refractivity contribution in [2.75, 3.05) is 0 Å². The number of para-hydroxylation sites is 1.